The summed E-state index contributed by atoms with van der Waals surface area (Å²) >= 11 is 0. The molecule has 1 aromatic heterocycles. The van der Waals surface area contributed by atoms with Crippen molar-refractivity contribution in [3.63, 3.8) is 0 Å². The van der Waals surface area contributed by atoms with Gasteiger partial charge in [-0.25, -0.2) is 0 Å². The first kappa shape index (κ1) is 17.8. The molecule has 0 bridgehead atoms. The predicted octanol–water partition coefficient (Wildman–Crippen LogP) is 3.08. The quantitative estimate of drug-likeness (QED) is 0.614. The highest BCUT2D eigenvalue weighted by atomic mass is 16.5. The maximum absolute atomic E-state index is 12.6. The van der Waals surface area contributed by atoms with Crippen molar-refractivity contribution in [2.45, 2.75) is 38.5 Å². The van der Waals surface area contributed by atoms with E-state index < -0.39 is 17.4 Å². The number of rotatable bonds is 3. The second kappa shape index (κ2) is 5.44. The van der Waals surface area contributed by atoms with E-state index in [-0.39, 0.29) is 16.7 Å². The lowest BCUT2D eigenvalue weighted by Crippen LogP contribution is -2.41. The van der Waals surface area contributed by atoms with Crippen molar-refractivity contribution >= 4 is 28.7 Å². The van der Waals surface area contributed by atoms with Crippen LogP contribution in [0.25, 0.3) is 10.9 Å². The molecule has 2 atom stereocenters. The summed E-state index contributed by atoms with van der Waals surface area (Å²) < 4.78 is 11.6. The average molecular weight is 369 g/mol. The van der Waals surface area contributed by atoms with Crippen LogP contribution in [-0.2, 0) is 24.5 Å². The number of esters is 2. The third-order valence-corrected chi connectivity index (χ3v) is 6.74. The van der Waals surface area contributed by atoms with Gasteiger partial charge in [-0.1, -0.05) is 25.1 Å². The third-order valence-electron chi connectivity index (χ3n) is 6.74. The van der Waals surface area contributed by atoms with Crippen molar-refractivity contribution in [1.82, 2.24) is 4.57 Å². The smallest absolute Gasteiger partial charge is 0.323 e. The molecule has 142 valence electrons. The standard InChI is InChI=1S/C21H23NO5/c1-13(23)22-9-15(14-7-5-6-8-16(14)22)21-11-19(21,2)10-20(12-21,17(24)26-3)18(25)27-4/h5-9H,10-12H2,1-4H3. The normalized spacial score (nSPS) is 27.9. The molecule has 6 nitrogen and oxygen atoms in total. The third kappa shape index (κ3) is 2.10. The minimum atomic E-state index is -1.30. The van der Waals surface area contributed by atoms with Crippen molar-refractivity contribution in [3.8, 4) is 0 Å². The van der Waals surface area contributed by atoms with Crippen LogP contribution in [0.5, 0.6) is 0 Å². The van der Waals surface area contributed by atoms with Crippen LogP contribution in [0.15, 0.2) is 30.5 Å². The van der Waals surface area contributed by atoms with E-state index in [1.165, 1.54) is 21.1 Å². The lowest BCUT2D eigenvalue weighted by atomic mass is 9.78. The van der Waals surface area contributed by atoms with Crippen molar-refractivity contribution < 1.29 is 23.9 Å². The summed E-state index contributed by atoms with van der Waals surface area (Å²) in [5.74, 6) is -1.16. The molecule has 0 N–H and O–H groups in total. The number of ether oxygens (including phenoxy) is 2. The molecule has 2 saturated carbocycles. The summed E-state index contributed by atoms with van der Waals surface area (Å²) in [6, 6.07) is 7.75. The molecule has 0 amide bonds. The van der Waals surface area contributed by atoms with Crippen molar-refractivity contribution in [2.24, 2.45) is 10.8 Å². The highest BCUT2D eigenvalue weighted by Gasteiger charge is 2.78. The van der Waals surface area contributed by atoms with Crippen LogP contribution in [0.3, 0.4) is 0 Å². The average Bonchev–Trinajstić information content (AvgIpc) is 2.97. The van der Waals surface area contributed by atoms with Gasteiger partial charge in [-0.15, -0.1) is 0 Å². The number of carbonyl (C=O) groups excluding carboxylic acids is 3. The Bertz CT molecular complexity index is 974. The molecule has 2 fully saturated rings. The van der Waals surface area contributed by atoms with Crippen molar-refractivity contribution in [2.75, 3.05) is 14.2 Å². The van der Waals surface area contributed by atoms with Gasteiger partial charge in [0.25, 0.3) is 0 Å². The first-order valence-corrected chi connectivity index (χ1v) is 9.03. The molecule has 1 heterocycles. The fourth-order valence-electron chi connectivity index (χ4n) is 5.47. The second-order valence-electron chi connectivity index (χ2n) is 8.19. The van der Waals surface area contributed by atoms with E-state index in [0.717, 1.165) is 22.9 Å². The van der Waals surface area contributed by atoms with E-state index in [0.29, 0.717) is 12.8 Å². The van der Waals surface area contributed by atoms with Gasteiger partial charge in [-0.3, -0.25) is 19.0 Å². The summed E-state index contributed by atoms with van der Waals surface area (Å²) in [4.78, 5) is 37.4. The zero-order valence-corrected chi connectivity index (χ0v) is 16.0. The number of para-hydroxylation sites is 1. The summed E-state index contributed by atoms with van der Waals surface area (Å²) in [5, 5.41) is 0.988. The molecule has 0 spiro atoms. The lowest BCUT2D eigenvalue weighted by Gasteiger charge is -2.26. The van der Waals surface area contributed by atoms with Crippen LogP contribution in [0.1, 0.15) is 43.5 Å². The minimum absolute atomic E-state index is 0.0681. The van der Waals surface area contributed by atoms with Crippen molar-refractivity contribution in [1.29, 1.82) is 0 Å². The maximum atomic E-state index is 12.6. The van der Waals surface area contributed by atoms with E-state index in [1.54, 1.807) is 4.57 Å². The molecule has 27 heavy (non-hydrogen) atoms. The fourth-order valence-corrected chi connectivity index (χ4v) is 5.47. The number of aromatic nitrogens is 1. The SMILES string of the molecule is COC(=O)C1(C(=O)OC)CC2(C)CC2(c2cn(C(C)=O)c3ccccc23)C1. The van der Waals surface area contributed by atoms with Gasteiger partial charge in [-0.05, 0) is 36.3 Å². The fraction of sp³-hybridized carbons (Fsp3) is 0.476. The minimum Gasteiger partial charge on any atom is -0.468 e. The highest BCUT2D eigenvalue weighted by molar-refractivity contribution is 6.02. The molecule has 2 aromatic rings. The summed E-state index contributed by atoms with van der Waals surface area (Å²) in [6.07, 6.45) is 3.46. The molecule has 6 heteroatoms. The Hall–Kier alpha value is -2.63. The van der Waals surface area contributed by atoms with Gasteiger partial charge in [0, 0.05) is 23.9 Å². The molecule has 2 aliphatic rings. The summed E-state index contributed by atoms with van der Waals surface area (Å²) in [5.41, 5.74) is -0.00467. The predicted molar refractivity (Wildman–Crippen MR) is 98.3 cm³/mol. The molecular weight excluding hydrogens is 346 g/mol. The molecular formula is C21H23NO5. The Labute approximate surface area is 157 Å². The van der Waals surface area contributed by atoms with Crippen molar-refractivity contribution in [3.05, 3.63) is 36.0 Å². The monoisotopic (exact) mass is 369 g/mol. The van der Waals surface area contributed by atoms with Crippen LogP contribution >= 0.6 is 0 Å². The van der Waals surface area contributed by atoms with E-state index in [2.05, 4.69) is 6.92 Å². The van der Waals surface area contributed by atoms with Crippen LogP contribution < -0.4 is 0 Å². The molecule has 0 aliphatic heterocycles. The largest absolute Gasteiger partial charge is 0.468 e. The Morgan fingerprint density at radius 2 is 1.63 bits per heavy atom. The molecule has 2 aliphatic carbocycles. The number of fused-ring (bicyclic) bond motifs is 2. The number of methoxy groups -OCH3 is 2. The Morgan fingerprint density at radius 3 is 2.22 bits per heavy atom. The van der Waals surface area contributed by atoms with Gasteiger partial charge in [-0.2, -0.15) is 0 Å². The van der Waals surface area contributed by atoms with E-state index in [1.807, 2.05) is 30.5 Å². The number of benzene rings is 1. The molecule has 0 radical (unpaired) electrons. The number of nitrogens with zero attached hydrogens (tertiary/aromatic N) is 1. The van der Waals surface area contributed by atoms with Gasteiger partial charge in [0.05, 0.1) is 19.7 Å². The first-order valence-electron chi connectivity index (χ1n) is 9.03. The zero-order valence-electron chi connectivity index (χ0n) is 16.0. The van der Waals surface area contributed by atoms with E-state index in [4.69, 9.17) is 9.47 Å². The summed E-state index contributed by atoms with van der Waals surface area (Å²) in [7, 11) is 2.60. The number of hydrogen-bond donors (Lipinski definition) is 0. The maximum Gasteiger partial charge on any atom is 0.323 e. The highest BCUT2D eigenvalue weighted by Crippen LogP contribution is 2.78. The Morgan fingerprint density at radius 1 is 1.00 bits per heavy atom. The van der Waals surface area contributed by atoms with Crippen LogP contribution in [0, 0.1) is 10.8 Å². The van der Waals surface area contributed by atoms with Crippen LogP contribution in [0.2, 0.25) is 0 Å². The molecule has 2 unspecified atom stereocenters. The Kier molecular flexibility index (Phi) is 3.58. The van der Waals surface area contributed by atoms with Gasteiger partial charge >= 0.3 is 11.9 Å². The number of carbonyl (C=O) groups is 3. The Balaban J connectivity index is 1.89. The van der Waals surface area contributed by atoms with Gasteiger partial charge < -0.3 is 9.47 Å². The first-order chi connectivity index (χ1) is 12.7. The molecule has 0 saturated heterocycles. The number of hydrogen-bond acceptors (Lipinski definition) is 5. The van der Waals surface area contributed by atoms with Gasteiger partial charge in [0.15, 0.2) is 5.41 Å². The topological polar surface area (TPSA) is 74.6 Å². The lowest BCUT2D eigenvalue weighted by molar-refractivity contribution is -0.170. The van der Waals surface area contributed by atoms with E-state index in [9.17, 15) is 14.4 Å². The van der Waals surface area contributed by atoms with Gasteiger partial charge in [0.1, 0.15) is 0 Å². The van der Waals surface area contributed by atoms with Gasteiger partial charge in [0.2, 0.25) is 5.91 Å². The molecule has 4 rings (SSSR count). The van der Waals surface area contributed by atoms with Crippen LogP contribution in [-0.4, -0.2) is 36.6 Å². The molecule has 1 aromatic carbocycles. The van der Waals surface area contributed by atoms with Crippen LogP contribution in [0.4, 0.5) is 0 Å². The summed E-state index contributed by atoms with van der Waals surface area (Å²) in [6.45, 7) is 3.63. The zero-order chi connectivity index (χ0) is 19.6. The second-order valence-corrected chi connectivity index (χ2v) is 8.19. The van der Waals surface area contributed by atoms with E-state index >= 15 is 0 Å².